The summed E-state index contributed by atoms with van der Waals surface area (Å²) < 4.78 is 28.2. The van der Waals surface area contributed by atoms with E-state index in [2.05, 4.69) is 0 Å². The zero-order valence-corrected chi connectivity index (χ0v) is 26.8. The predicted octanol–water partition coefficient (Wildman–Crippen LogP) is 8.27. The first kappa shape index (κ1) is 31.1. The number of esters is 1. The lowest BCUT2D eigenvalue weighted by Crippen LogP contribution is -2.37. The van der Waals surface area contributed by atoms with Gasteiger partial charge >= 0.3 is 5.97 Å². The van der Waals surface area contributed by atoms with Gasteiger partial charge in [0, 0.05) is 22.9 Å². The lowest BCUT2D eigenvalue weighted by molar-refractivity contribution is -0.131. The summed E-state index contributed by atoms with van der Waals surface area (Å²) in [4.78, 5) is 42.9. The number of thiophene rings is 1. The monoisotopic (exact) mass is 647 g/mol. The molecule has 0 atom stereocenters. The summed E-state index contributed by atoms with van der Waals surface area (Å²) in [5, 5.41) is 2.31. The Labute approximate surface area is 274 Å². The van der Waals surface area contributed by atoms with Gasteiger partial charge in [0.25, 0.3) is 11.8 Å². The molecule has 0 bridgehead atoms. The normalized spacial score (nSPS) is 10.8. The molecule has 6 rings (SSSR count). The Balaban J connectivity index is 1.62. The molecule has 0 unspecified atom stereocenters. The molecule has 4 aromatic carbocycles. The summed E-state index contributed by atoms with van der Waals surface area (Å²) in [5.41, 5.74) is 2.68. The van der Waals surface area contributed by atoms with Crippen molar-refractivity contribution in [3.05, 3.63) is 114 Å². The topological polar surface area (TPSA) is 105 Å². The minimum absolute atomic E-state index is 0.0237. The number of rotatable bonds is 9. The number of carbonyl (C=O) groups is 3. The minimum Gasteiger partial charge on any atom is -0.497 e. The van der Waals surface area contributed by atoms with Crippen molar-refractivity contribution < 1.29 is 37.7 Å². The highest BCUT2D eigenvalue weighted by atomic mass is 32.1. The van der Waals surface area contributed by atoms with Gasteiger partial charge in [-0.05, 0) is 95.4 Å². The largest absolute Gasteiger partial charge is 0.497 e. The highest BCUT2D eigenvalue weighted by Gasteiger charge is 2.34. The number of furan rings is 1. The summed E-state index contributed by atoms with van der Waals surface area (Å²) in [7, 11) is 4.64. The maximum absolute atomic E-state index is 14.4. The van der Waals surface area contributed by atoms with Gasteiger partial charge in [-0.3, -0.25) is 14.4 Å². The molecule has 0 aliphatic heterocycles. The van der Waals surface area contributed by atoms with Crippen LogP contribution >= 0.6 is 11.3 Å². The molecular weight excluding hydrogens is 618 g/mol. The number of imide groups is 1. The fraction of sp³-hybridized carbons (Fsp3) is 0.108. The molecule has 0 N–H and O–H groups in total. The van der Waals surface area contributed by atoms with Crippen molar-refractivity contribution in [1.29, 1.82) is 0 Å². The maximum atomic E-state index is 14.4. The molecule has 0 spiro atoms. The van der Waals surface area contributed by atoms with E-state index in [9.17, 15) is 14.4 Å². The predicted molar refractivity (Wildman–Crippen MR) is 180 cm³/mol. The zero-order valence-electron chi connectivity index (χ0n) is 25.9. The van der Waals surface area contributed by atoms with Gasteiger partial charge in [-0.2, -0.15) is 0 Å². The van der Waals surface area contributed by atoms with E-state index in [-0.39, 0.29) is 22.8 Å². The molecule has 9 nitrogen and oxygen atoms in total. The second-order valence-electron chi connectivity index (χ2n) is 10.3. The Hall–Kier alpha value is -5.87. The van der Waals surface area contributed by atoms with Gasteiger partial charge in [0.2, 0.25) is 5.88 Å². The third-order valence-electron chi connectivity index (χ3n) is 7.46. The average Bonchev–Trinajstić information content (AvgIpc) is 3.76. The van der Waals surface area contributed by atoms with Crippen molar-refractivity contribution in [2.24, 2.45) is 0 Å². The molecule has 236 valence electrons. The second kappa shape index (κ2) is 13.2. The van der Waals surface area contributed by atoms with Crippen LogP contribution in [0.2, 0.25) is 0 Å². The quantitative estimate of drug-likeness (QED) is 0.0878. The van der Waals surface area contributed by atoms with E-state index in [0.717, 1.165) is 10.5 Å². The van der Waals surface area contributed by atoms with E-state index in [1.165, 1.54) is 32.5 Å². The number of amides is 2. The number of carbonyl (C=O) groups excluding carboxylic acids is 3. The third kappa shape index (κ3) is 6.18. The van der Waals surface area contributed by atoms with E-state index in [4.69, 9.17) is 23.4 Å². The Morgan fingerprint density at radius 1 is 0.681 bits per heavy atom. The van der Waals surface area contributed by atoms with E-state index in [1.54, 1.807) is 67.8 Å². The van der Waals surface area contributed by atoms with Crippen molar-refractivity contribution in [2.75, 3.05) is 26.2 Å². The van der Waals surface area contributed by atoms with E-state index in [1.807, 2.05) is 41.8 Å². The lowest BCUT2D eigenvalue weighted by Gasteiger charge is -2.20. The van der Waals surface area contributed by atoms with Crippen molar-refractivity contribution in [3.63, 3.8) is 0 Å². The van der Waals surface area contributed by atoms with Gasteiger partial charge in [0.05, 0.1) is 32.3 Å². The number of benzene rings is 4. The zero-order chi connectivity index (χ0) is 33.1. The van der Waals surface area contributed by atoms with Gasteiger partial charge in [-0.1, -0.05) is 18.2 Å². The van der Waals surface area contributed by atoms with Crippen LogP contribution in [0.1, 0.15) is 27.6 Å². The Bertz CT molecular complexity index is 2000. The van der Waals surface area contributed by atoms with Crippen LogP contribution in [-0.2, 0) is 4.79 Å². The van der Waals surface area contributed by atoms with Crippen molar-refractivity contribution in [3.8, 4) is 44.6 Å². The molecule has 10 heteroatoms. The van der Waals surface area contributed by atoms with Gasteiger partial charge in [-0.25, -0.2) is 4.90 Å². The maximum Gasteiger partial charge on any atom is 0.308 e. The first-order valence-corrected chi connectivity index (χ1v) is 15.3. The van der Waals surface area contributed by atoms with E-state index in [0.29, 0.717) is 44.2 Å². The van der Waals surface area contributed by atoms with Crippen molar-refractivity contribution in [1.82, 2.24) is 0 Å². The van der Waals surface area contributed by atoms with Gasteiger partial charge in [0.1, 0.15) is 28.6 Å². The third-order valence-corrected chi connectivity index (χ3v) is 8.35. The van der Waals surface area contributed by atoms with Gasteiger partial charge in [-0.15, -0.1) is 11.3 Å². The highest BCUT2D eigenvalue weighted by Crippen LogP contribution is 2.48. The molecule has 0 aliphatic rings. The molecule has 6 aromatic rings. The number of hydrogen-bond donors (Lipinski definition) is 0. The van der Waals surface area contributed by atoms with Crippen molar-refractivity contribution >= 4 is 46.0 Å². The number of fused-ring (bicyclic) bond motifs is 1. The molecule has 2 heterocycles. The molecule has 47 heavy (non-hydrogen) atoms. The van der Waals surface area contributed by atoms with Crippen LogP contribution < -0.4 is 23.8 Å². The first-order valence-electron chi connectivity index (χ1n) is 14.5. The Morgan fingerprint density at radius 2 is 1.21 bits per heavy atom. The van der Waals surface area contributed by atoms with Gasteiger partial charge in [0.15, 0.2) is 0 Å². The molecule has 0 aliphatic carbocycles. The molecule has 2 aromatic heterocycles. The number of ether oxygens (including phenoxy) is 4. The Morgan fingerprint density at radius 3 is 1.68 bits per heavy atom. The summed E-state index contributed by atoms with van der Waals surface area (Å²) in [6.45, 7) is 1.31. The van der Waals surface area contributed by atoms with Gasteiger partial charge < -0.3 is 23.4 Å². The number of anilines is 1. The number of methoxy groups -OCH3 is 3. The van der Waals surface area contributed by atoms with Crippen LogP contribution in [0.25, 0.3) is 32.5 Å². The summed E-state index contributed by atoms with van der Waals surface area (Å²) in [6.07, 6.45) is 0. The van der Waals surface area contributed by atoms with E-state index < -0.39 is 17.8 Å². The fourth-order valence-electron chi connectivity index (χ4n) is 5.17. The number of nitrogens with zero attached hydrogens (tertiary/aromatic N) is 1. The van der Waals surface area contributed by atoms with Crippen LogP contribution in [-0.4, -0.2) is 39.1 Å². The Kier molecular flexibility index (Phi) is 8.77. The second-order valence-corrected chi connectivity index (χ2v) is 11.3. The smallest absolute Gasteiger partial charge is 0.308 e. The molecule has 0 radical (unpaired) electrons. The molecule has 2 amide bonds. The molecule has 0 fully saturated rings. The number of hydrogen-bond acceptors (Lipinski definition) is 9. The summed E-state index contributed by atoms with van der Waals surface area (Å²) in [6, 6.07) is 27.5. The molecular formula is C37H29NO8S. The highest BCUT2D eigenvalue weighted by molar-refractivity contribution is 7.13. The SMILES string of the molecule is COc1ccc(C(=O)N(C(=O)c2ccc(OC)cc2)c2oc3cc(-c4ccc(OC)cc4)cc(OC(C)=O)c3c2-c2cccs2)cc1. The first-order chi connectivity index (χ1) is 22.8. The summed E-state index contributed by atoms with van der Waals surface area (Å²) >= 11 is 1.39. The van der Waals surface area contributed by atoms with Crippen molar-refractivity contribution in [2.45, 2.75) is 6.92 Å². The molecule has 0 saturated heterocycles. The standard InChI is InChI=1S/C37H29NO8S/c1-22(39)45-30-20-26(23-7-13-27(42-2)14-8-23)21-31-33(30)34(32-6-5-19-47-32)37(46-31)38(35(40)24-9-15-28(43-3)16-10-24)36(41)25-11-17-29(44-4)18-12-25/h5-21H,1-4H3. The minimum atomic E-state index is -0.630. The average molecular weight is 648 g/mol. The lowest BCUT2D eigenvalue weighted by atomic mass is 10.0. The van der Waals surface area contributed by atoms with E-state index >= 15 is 0 Å². The van der Waals surface area contributed by atoms with Crippen LogP contribution in [0.4, 0.5) is 5.88 Å². The van der Waals surface area contributed by atoms with Crippen LogP contribution in [0, 0.1) is 0 Å². The van der Waals surface area contributed by atoms with Crippen LogP contribution in [0.5, 0.6) is 23.0 Å². The fourth-order valence-corrected chi connectivity index (χ4v) is 5.94. The van der Waals surface area contributed by atoms with Crippen LogP contribution in [0.15, 0.2) is 107 Å². The summed E-state index contributed by atoms with van der Waals surface area (Å²) in [5.74, 6) is 0.171. The van der Waals surface area contributed by atoms with Crippen LogP contribution in [0.3, 0.4) is 0 Å². The molecule has 0 saturated carbocycles.